The molecule has 0 bridgehead atoms. The van der Waals surface area contributed by atoms with Gasteiger partial charge in [0.1, 0.15) is 0 Å². The molecule has 1 heterocycles. The Morgan fingerprint density at radius 3 is 2.75 bits per heavy atom. The van der Waals surface area contributed by atoms with Crippen molar-refractivity contribution in [3.63, 3.8) is 0 Å². The molecule has 0 saturated heterocycles. The highest BCUT2D eigenvalue weighted by molar-refractivity contribution is 5.27. The quantitative estimate of drug-likeness (QED) is 0.669. The monoisotopic (exact) mass is 282 g/mol. The molecule has 1 unspecified atom stereocenters. The van der Waals surface area contributed by atoms with Gasteiger partial charge in [-0.3, -0.25) is 0 Å². The number of likely N-dealkylation sites (N-methyl/N-ethyl adjacent to an activating group) is 1. The van der Waals surface area contributed by atoms with Gasteiger partial charge in [0.05, 0.1) is 0 Å². The largest absolute Gasteiger partial charge is 0.385 e. The number of nitrogens with zero attached hydrogens (tertiary/aromatic N) is 3. The Morgan fingerprint density at radius 2 is 2.15 bits per heavy atom. The maximum absolute atomic E-state index is 5.11. The van der Waals surface area contributed by atoms with Crippen molar-refractivity contribution in [3.8, 4) is 0 Å². The number of methoxy groups -OCH3 is 1. The van der Waals surface area contributed by atoms with Crippen molar-refractivity contribution in [1.82, 2.24) is 14.5 Å². The van der Waals surface area contributed by atoms with Crippen molar-refractivity contribution < 1.29 is 4.74 Å². The van der Waals surface area contributed by atoms with Crippen molar-refractivity contribution >= 4 is 5.95 Å². The molecule has 20 heavy (non-hydrogen) atoms. The third kappa shape index (κ3) is 6.39. The lowest BCUT2D eigenvalue weighted by Crippen LogP contribution is -2.34. The van der Waals surface area contributed by atoms with Gasteiger partial charge in [-0.1, -0.05) is 13.8 Å². The summed E-state index contributed by atoms with van der Waals surface area (Å²) in [5.41, 5.74) is 0. The van der Waals surface area contributed by atoms with Crippen LogP contribution in [0.3, 0.4) is 0 Å². The average Bonchev–Trinajstić information content (AvgIpc) is 2.75. The Kier molecular flexibility index (Phi) is 7.62. The summed E-state index contributed by atoms with van der Waals surface area (Å²) in [4.78, 5) is 6.66. The second-order valence-corrected chi connectivity index (χ2v) is 6.02. The van der Waals surface area contributed by atoms with E-state index in [0.717, 1.165) is 38.5 Å². The molecule has 0 amide bonds. The van der Waals surface area contributed by atoms with E-state index < -0.39 is 0 Å². The normalized spacial score (nSPS) is 13.2. The van der Waals surface area contributed by atoms with Crippen molar-refractivity contribution in [2.75, 3.05) is 39.7 Å². The highest BCUT2D eigenvalue weighted by atomic mass is 16.5. The minimum Gasteiger partial charge on any atom is -0.385 e. The van der Waals surface area contributed by atoms with Gasteiger partial charge in [-0.25, -0.2) is 4.98 Å². The summed E-state index contributed by atoms with van der Waals surface area (Å²) in [6.45, 7) is 7.26. The lowest BCUT2D eigenvalue weighted by atomic mass is 10.0. The van der Waals surface area contributed by atoms with Gasteiger partial charge < -0.3 is 19.5 Å². The number of hydrogen-bond donors (Lipinski definition) is 1. The van der Waals surface area contributed by atoms with Crippen LogP contribution in [0.2, 0.25) is 0 Å². The number of ether oxygens (including phenoxy) is 1. The van der Waals surface area contributed by atoms with Gasteiger partial charge in [0.2, 0.25) is 5.95 Å². The molecule has 0 aliphatic heterocycles. The first-order valence-electron chi connectivity index (χ1n) is 7.44. The van der Waals surface area contributed by atoms with Crippen LogP contribution in [-0.4, -0.2) is 54.8 Å². The van der Waals surface area contributed by atoms with Gasteiger partial charge in [0.15, 0.2) is 0 Å². The molecule has 1 N–H and O–H groups in total. The van der Waals surface area contributed by atoms with Gasteiger partial charge in [-0.15, -0.1) is 0 Å². The topological polar surface area (TPSA) is 42.3 Å². The molecule has 0 saturated carbocycles. The van der Waals surface area contributed by atoms with E-state index in [1.807, 2.05) is 12.4 Å². The third-order valence-electron chi connectivity index (χ3n) is 3.14. The molecule has 1 aromatic heterocycles. The van der Waals surface area contributed by atoms with E-state index >= 15 is 0 Å². The van der Waals surface area contributed by atoms with Crippen molar-refractivity contribution in [1.29, 1.82) is 0 Å². The van der Waals surface area contributed by atoms with Crippen molar-refractivity contribution in [2.24, 2.45) is 5.92 Å². The first-order chi connectivity index (χ1) is 9.52. The van der Waals surface area contributed by atoms with Crippen LogP contribution in [0.15, 0.2) is 12.4 Å². The molecule has 1 aromatic rings. The predicted octanol–water partition coefficient (Wildman–Crippen LogP) is 2.31. The molecule has 1 rings (SSSR count). The number of nitrogens with one attached hydrogen (secondary N) is 1. The summed E-state index contributed by atoms with van der Waals surface area (Å²) in [5.74, 6) is 1.64. The maximum Gasteiger partial charge on any atom is 0.203 e. The maximum atomic E-state index is 5.11. The number of imidazole rings is 1. The molecular weight excluding hydrogens is 252 g/mol. The summed E-state index contributed by atoms with van der Waals surface area (Å²) in [5, 5.41) is 3.59. The second kappa shape index (κ2) is 8.97. The standard InChI is InChI=1S/C15H30N4O/c1-13(2)11-14(12-18(3)4)17-15-16-7-9-19(15)8-6-10-20-5/h7,9,13-14H,6,8,10-12H2,1-5H3,(H,16,17). The average molecular weight is 282 g/mol. The predicted molar refractivity (Wildman–Crippen MR) is 84.1 cm³/mol. The molecule has 5 heteroatoms. The fourth-order valence-corrected chi connectivity index (χ4v) is 2.38. The molecular formula is C15H30N4O. The van der Waals surface area contributed by atoms with Crippen LogP contribution in [0.25, 0.3) is 0 Å². The molecule has 1 atom stereocenters. The van der Waals surface area contributed by atoms with Crippen LogP contribution < -0.4 is 5.32 Å². The molecule has 0 aliphatic rings. The smallest absolute Gasteiger partial charge is 0.203 e. The number of anilines is 1. The minimum absolute atomic E-state index is 0.425. The Hall–Kier alpha value is -1.07. The van der Waals surface area contributed by atoms with Crippen LogP contribution in [0.4, 0.5) is 5.95 Å². The van der Waals surface area contributed by atoms with Gasteiger partial charge in [0.25, 0.3) is 0 Å². The van der Waals surface area contributed by atoms with Gasteiger partial charge in [-0.2, -0.15) is 0 Å². The first-order valence-corrected chi connectivity index (χ1v) is 7.44. The zero-order chi connectivity index (χ0) is 15.0. The number of aryl methyl sites for hydroxylation is 1. The van der Waals surface area contributed by atoms with E-state index in [0.29, 0.717) is 12.0 Å². The third-order valence-corrected chi connectivity index (χ3v) is 3.14. The van der Waals surface area contributed by atoms with E-state index in [1.165, 1.54) is 0 Å². The Balaban J connectivity index is 2.60. The Bertz CT molecular complexity index is 353. The van der Waals surface area contributed by atoms with Crippen LogP contribution >= 0.6 is 0 Å². The summed E-state index contributed by atoms with van der Waals surface area (Å²) >= 11 is 0. The van der Waals surface area contributed by atoms with E-state index in [1.54, 1.807) is 7.11 Å². The van der Waals surface area contributed by atoms with E-state index in [4.69, 9.17) is 4.74 Å². The lowest BCUT2D eigenvalue weighted by molar-refractivity contribution is 0.190. The highest BCUT2D eigenvalue weighted by Crippen LogP contribution is 2.13. The number of hydrogen-bond acceptors (Lipinski definition) is 4. The van der Waals surface area contributed by atoms with Crippen LogP contribution in [0.1, 0.15) is 26.7 Å². The molecule has 116 valence electrons. The van der Waals surface area contributed by atoms with Crippen molar-refractivity contribution in [3.05, 3.63) is 12.4 Å². The summed E-state index contributed by atoms with van der Waals surface area (Å²) < 4.78 is 7.27. The summed E-state index contributed by atoms with van der Waals surface area (Å²) in [6, 6.07) is 0.425. The van der Waals surface area contributed by atoms with Crippen LogP contribution in [0, 0.1) is 5.92 Å². The summed E-state index contributed by atoms with van der Waals surface area (Å²) in [6.07, 6.45) is 6.03. The van der Waals surface area contributed by atoms with Crippen LogP contribution in [-0.2, 0) is 11.3 Å². The molecule has 0 aromatic carbocycles. The van der Waals surface area contributed by atoms with Gasteiger partial charge in [-0.05, 0) is 32.9 Å². The van der Waals surface area contributed by atoms with E-state index in [-0.39, 0.29) is 0 Å². The molecule has 0 fully saturated rings. The van der Waals surface area contributed by atoms with E-state index in [2.05, 4.69) is 47.7 Å². The van der Waals surface area contributed by atoms with Crippen molar-refractivity contribution in [2.45, 2.75) is 39.3 Å². The lowest BCUT2D eigenvalue weighted by Gasteiger charge is -2.24. The number of aromatic nitrogens is 2. The second-order valence-electron chi connectivity index (χ2n) is 6.02. The summed E-state index contributed by atoms with van der Waals surface area (Å²) in [7, 11) is 5.96. The highest BCUT2D eigenvalue weighted by Gasteiger charge is 2.14. The molecule has 5 nitrogen and oxygen atoms in total. The van der Waals surface area contributed by atoms with Gasteiger partial charge >= 0.3 is 0 Å². The zero-order valence-corrected chi connectivity index (χ0v) is 13.6. The fourth-order valence-electron chi connectivity index (χ4n) is 2.38. The SMILES string of the molecule is COCCCn1ccnc1NC(CC(C)C)CN(C)C. The van der Waals surface area contributed by atoms with Crippen LogP contribution in [0.5, 0.6) is 0 Å². The zero-order valence-electron chi connectivity index (χ0n) is 13.6. The molecule has 0 radical (unpaired) electrons. The van der Waals surface area contributed by atoms with Gasteiger partial charge in [0, 0.05) is 45.2 Å². The Labute approximate surface area is 123 Å². The molecule has 0 aliphatic carbocycles. The first kappa shape index (κ1) is 17.0. The number of rotatable bonds is 10. The molecule has 0 spiro atoms. The Morgan fingerprint density at radius 1 is 1.40 bits per heavy atom. The minimum atomic E-state index is 0.425. The fraction of sp³-hybridized carbons (Fsp3) is 0.800. The van der Waals surface area contributed by atoms with E-state index in [9.17, 15) is 0 Å².